The molecule has 0 saturated carbocycles. The summed E-state index contributed by atoms with van der Waals surface area (Å²) < 4.78 is 0. The molecule has 2 aliphatic rings. The van der Waals surface area contributed by atoms with Gasteiger partial charge in [0, 0.05) is 18.8 Å². The Morgan fingerprint density at radius 1 is 1.58 bits per heavy atom. The summed E-state index contributed by atoms with van der Waals surface area (Å²) in [7, 11) is 0. The standard InChI is InChI=1S/C9H9N3/c10-5-8-6-11-9-3-1-2-4-12(9)7-8/h2,4,6H,1,3,7H2. The first kappa shape index (κ1) is 7.11. The molecule has 0 spiro atoms. The maximum Gasteiger partial charge on any atom is 0.109 e. The zero-order valence-corrected chi connectivity index (χ0v) is 6.70. The first-order chi connectivity index (χ1) is 5.90. The second-order valence-electron chi connectivity index (χ2n) is 2.86. The van der Waals surface area contributed by atoms with E-state index in [1.54, 1.807) is 6.20 Å². The first-order valence-electron chi connectivity index (χ1n) is 3.99. The van der Waals surface area contributed by atoms with E-state index in [9.17, 15) is 0 Å². The van der Waals surface area contributed by atoms with Crippen molar-refractivity contribution in [1.29, 1.82) is 5.26 Å². The third-order valence-corrected chi connectivity index (χ3v) is 2.01. The molecular weight excluding hydrogens is 150 g/mol. The number of nitriles is 1. The van der Waals surface area contributed by atoms with Gasteiger partial charge in [-0.2, -0.15) is 5.26 Å². The van der Waals surface area contributed by atoms with E-state index in [1.807, 2.05) is 11.1 Å². The van der Waals surface area contributed by atoms with E-state index in [1.165, 1.54) is 0 Å². The van der Waals surface area contributed by atoms with E-state index in [0.717, 1.165) is 24.3 Å². The van der Waals surface area contributed by atoms with E-state index < -0.39 is 0 Å². The summed E-state index contributed by atoms with van der Waals surface area (Å²) in [4.78, 5) is 6.24. The predicted octanol–water partition coefficient (Wildman–Crippen LogP) is 1.42. The Morgan fingerprint density at radius 3 is 3.33 bits per heavy atom. The third-order valence-electron chi connectivity index (χ3n) is 2.01. The monoisotopic (exact) mass is 159 g/mol. The summed E-state index contributed by atoms with van der Waals surface area (Å²) in [6.45, 7) is 0.686. The van der Waals surface area contributed by atoms with Gasteiger partial charge in [0.2, 0.25) is 0 Å². The van der Waals surface area contributed by atoms with Crippen molar-refractivity contribution in [3.8, 4) is 6.07 Å². The molecule has 0 aromatic carbocycles. The molecule has 3 nitrogen and oxygen atoms in total. The van der Waals surface area contributed by atoms with Crippen LogP contribution in [-0.4, -0.2) is 17.3 Å². The van der Waals surface area contributed by atoms with Gasteiger partial charge in [-0.05, 0) is 6.42 Å². The molecule has 3 heteroatoms. The van der Waals surface area contributed by atoms with Gasteiger partial charge in [-0.1, -0.05) is 6.08 Å². The highest BCUT2D eigenvalue weighted by Gasteiger charge is 2.16. The average molecular weight is 159 g/mol. The number of fused-ring (bicyclic) bond motifs is 1. The van der Waals surface area contributed by atoms with Crippen molar-refractivity contribution in [2.75, 3.05) is 6.54 Å². The lowest BCUT2D eigenvalue weighted by atomic mass is 10.1. The van der Waals surface area contributed by atoms with Crippen LogP contribution < -0.4 is 0 Å². The summed E-state index contributed by atoms with van der Waals surface area (Å²) in [6.07, 6.45) is 7.84. The second kappa shape index (κ2) is 2.82. The molecule has 0 amide bonds. The van der Waals surface area contributed by atoms with Crippen molar-refractivity contribution in [3.63, 3.8) is 0 Å². The van der Waals surface area contributed by atoms with Gasteiger partial charge in [-0.3, -0.25) is 0 Å². The van der Waals surface area contributed by atoms with Crippen LogP contribution in [0.1, 0.15) is 12.8 Å². The quantitative estimate of drug-likeness (QED) is 0.536. The summed E-state index contributed by atoms with van der Waals surface area (Å²) in [5.74, 6) is 1.08. The second-order valence-corrected chi connectivity index (χ2v) is 2.86. The minimum Gasteiger partial charge on any atom is -0.332 e. The highest BCUT2D eigenvalue weighted by atomic mass is 15.2. The molecule has 0 N–H and O–H groups in total. The van der Waals surface area contributed by atoms with Crippen molar-refractivity contribution in [1.82, 2.24) is 4.90 Å². The van der Waals surface area contributed by atoms with Crippen LogP contribution in [0.15, 0.2) is 29.0 Å². The topological polar surface area (TPSA) is 39.4 Å². The van der Waals surface area contributed by atoms with E-state index in [4.69, 9.17) is 5.26 Å². The van der Waals surface area contributed by atoms with Gasteiger partial charge < -0.3 is 4.90 Å². The van der Waals surface area contributed by atoms with Gasteiger partial charge in [0.05, 0.1) is 18.2 Å². The van der Waals surface area contributed by atoms with Crippen LogP contribution in [0.3, 0.4) is 0 Å². The van der Waals surface area contributed by atoms with Crippen molar-refractivity contribution >= 4 is 5.84 Å². The Labute approximate surface area is 71.3 Å². The van der Waals surface area contributed by atoms with E-state index in [0.29, 0.717) is 6.54 Å². The van der Waals surface area contributed by atoms with Gasteiger partial charge in [-0.15, -0.1) is 0 Å². The van der Waals surface area contributed by atoms with Crippen LogP contribution in [0, 0.1) is 11.3 Å². The zero-order valence-electron chi connectivity index (χ0n) is 6.70. The van der Waals surface area contributed by atoms with E-state index in [2.05, 4.69) is 17.1 Å². The Balaban J connectivity index is 2.27. The predicted molar refractivity (Wildman–Crippen MR) is 46.2 cm³/mol. The fraction of sp³-hybridized carbons (Fsp3) is 0.333. The van der Waals surface area contributed by atoms with Gasteiger partial charge in [-0.25, -0.2) is 4.99 Å². The van der Waals surface area contributed by atoms with Gasteiger partial charge >= 0.3 is 0 Å². The molecule has 0 saturated heterocycles. The average Bonchev–Trinajstić information content (AvgIpc) is 2.17. The zero-order chi connectivity index (χ0) is 8.39. The lowest BCUT2D eigenvalue weighted by Gasteiger charge is -2.26. The van der Waals surface area contributed by atoms with Crippen LogP contribution in [0.2, 0.25) is 0 Å². The minimum atomic E-state index is 0.686. The maximum atomic E-state index is 8.64. The fourth-order valence-corrected chi connectivity index (χ4v) is 1.37. The number of aliphatic imine (C=N–C) groups is 1. The number of rotatable bonds is 0. The highest BCUT2D eigenvalue weighted by Crippen LogP contribution is 2.15. The van der Waals surface area contributed by atoms with Gasteiger partial charge in [0.1, 0.15) is 5.84 Å². The number of hydrogen-bond donors (Lipinski definition) is 0. The van der Waals surface area contributed by atoms with Gasteiger partial charge in [0.25, 0.3) is 0 Å². The largest absolute Gasteiger partial charge is 0.332 e. The van der Waals surface area contributed by atoms with Crippen molar-refractivity contribution in [2.24, 2.45) is 4.99 Å². The Bertz CT molecular complexity index is 317. The van der Waals surface area contributed by atoms with Crippen LogP contribution in [-0.2, 0) is 0 Å². The lowest BCUT2D eigenvalue weighted by Crippen LogP contribution is -2.31. The van der Waals surface area contributed by atoms with Gasteiger partial charge in [0.15, 0.2) is 0 Å². The smallest absolute Gasteiger partial charge is 0.109 e. The maximum absolute atomic E-state index is 8.64. The number of nitrogens with zero attached hydrogens (tertiary/aromatic N) is 3. The summed E-state index contributed by atoms with van der Waals surface area (Å²) in [6, 6.07) is 2.12. The molecule has 2 heterocycles. The SMILES string of the molecule is N#CC1=CN=C2CCC=CN2C1. The van der Waals surface area contributed by atoms with Crippen LogP contribution in [0.4, 0.5) is 0 Å². The van der Waals surface area contributed by atoms with Crippen molar-refractivity contribution in [3.05, 3.63) is 24.0 Å². The molecule has 0 unspecified atom stereocenters. The van der Waals surface area contributed by atoms with Crippen LogP contribution in [0.5, 0.6) is 0 Å². The molecule has 0 aliphatic carbocycles. The molecule has 0 radical (unpaired) electrons. The Kier molecular flexibility index (Phi) is 1.67. The molecule has 60 valence electrons. The van der Waals surface area contributed by atoms with Crippen LogP contribution >= 0.6 is 0 Å². The summed E-state index contributed by atoms with van der Waals surface area (Å²) >= 11 is 0. The lowest BCUT2D eigenvalue weighted by molar-refractivity contribution is 0.567. The molecule has 0 aromatic heterocycles. The number of allylic oxidation sites excluding steroid dienone is 1. The number of hydrogen-bond acceptors (Lipinski definition) is 3. The molecule has 2 aliphatic heterocycles. The molecule has 12 heavy (non-hydrogen) atoms. The van der Waals surface area contributed by atoms with Crippen LogP contribution in [0.25, 0.3) is 0 Å². The molecular formula is C9H9N3. The summed E-state index contributed by atoms with van der Waals surface area (Å²) in [5, 5.41) is 8.64. The first-order valence-corrected chi connectivity index (χ1v) is 3.99. The molecule has 2 rings (SSSR count). The summed E-state index contributed by atoms with van der Waals surface area (Å²) in [5.41, 5.74) is 0.727. The van der Waals surface area contributed by atoms with E-state index >= 15 is 0 Å². The molecule has 0 bridgehead atoms. The fourth-order valence-electron chi connectivity index (χ4n) is 1.37. The Morgan fingerprint density at radius 2 is 2.50 bits per heavy atom. The third kappa shape index (κ3) is 1.12. The Hall–Kier alpha value is -1.56. The van der Waals surface area contributed by atoms with Crippen molar-refractivity contribution in [2.45, 2.75) is 12.8 Å². The molecule has 0 atom stereocenters. The minimum absolute atomic E-state index is 0.686. The number of amidine groups is 1. The van der Waals surface area contributed by atoms with Crippen molar-refractivity contribution < 1.29 is 0 Å². The normalized spacial score (nSPS) is 20.8. The van der Waals surface area contributed by atoms with E-state index in [-0.39, 0.29) is 0 Å². The molecule has 0 aromatic rings. The molecule has 0 fully saturated rings. The highest BCUT2D eigenvalue weighted by molar-refractivity contribution is 5.86.